The van der Waals surface area contributed by atoms with Crippen LogP contribution in [0.25, 0.3) is 10.9 Å². The zero-order valence-corrected chi connectivity index (χ0v) is 9.77. The van der Waals surface area contributed by atoms with Crippen LogP contribution in [-0.2, 0) is 12.5 Å². The Labute approximate surface area is 95.5 Å². The number of para-hydroxylation sites is 1. The van der Waals surface area contributed by atoms with Crippen LogP contribution >= 0.6 is 0 Å². The molecule has 0 aliphatic heterocycles. The van der Waals surface area contributed by atoms with Crippen molar-refractivity contribution in [2.45, 2.75) is 12.3 Å². The number of hydrogen-bond donors (Lipinski definition) is 2. The van der Waals surface area contributed by atoms with Gasteiger partial charge in [0.05, 0.1) is 6.61 Å². The van der Waals surface area contributed by atoms with E-state index in [0.717, 1.165) is 5.56 Å². The number of aromatic nitrogens is 1. The fourth-order valence-corrected chi connectivity index (χ4v) is 2.08. The third-order valence-corrected chi connectivity index (χ3v) is 3.35. The fourth-order valence-electron chi connectivity index (χ4n) is 2.08. The summed E-state index contributed by atoms with van der Waals surface area (Å²) in [5, 5.41) is 10.7. The Hall–Kier alpha value is -1.32. The summed E-state index contributed by atoms with van der Waals surface area (Å²) < 4.78 is 2.08. The van der Waals surface area contributed by atoms with Crippen molar-refractivity contribution >= 4 is 10.9 Å². The lowest BCUT2D eigenvalue weighted by molar-refractivity contribution is 0.211. The number of aryl methyl sites for hydroxylation is 1. The quantitative estimate of drug-likeness (QED) is 0.818. The van der Waals surface area contributed by atoms with Crippen LogP contribution in [0, 0.1) is 0 Å². The predicted molar refractivity (Wildman–Crippen MR) is 66.4 cm³/mol. The number of fused-ring (bicyclic) bond motifs is 1. The third-order valence-electron chi connectivity index (χ3n) is 3.35. The molecule has 1 aromatic heterocycles. The van der Waals surface area contributed by atoms with E-state index >= 15 is 0 Å². The van der Waals surface area contributed by atoms with Crippen molar-refractivity contribution in [3.8, 4) is 0 Å². The minimum absolute atomic E-state index is 0.0670. The first-order valence-corrected chi connectivity index (χ1v) is 5.48. The van der Waals surface area contributed by atoms with E-state index in [1.165, 1.54) is 10.9 Å². The van der Waals surface area contributed by atoms with E-state index in [9.17, 15) is 5.11 Å². The van der Waals surface area contributed by atoms with Crippen LogP contribution in [0.5, 0.6) is 0 Å². The van der Waals surface area contributed by atoms with Gasteiger partial charge in [0.15, 0.2) is 0 Å². The first kappa shape index (κ1) is 11.2. The van der Waals surface area contributed by atoms with E-state index in [0.29, 0.717) is 6.54 Å². The number of aliphatic hydroxyl groups excluding tert-OH is 1. The lowest BCUT2D eigenvalue weighted by atomic mass is 9.83. The largest absolute Gasteiger partial charge is 0.395 e. The molecule has 0 amide bonds. The molecule has 0 radical (unpaired) electrons. The van der Waals surface area contributed by atoms with Gasteiger partial charge < -0.3 is 15.4 Å². The molecule has 3 nitrogen and oxygen atoms in total. The SMILES string of the molecule is Cn1cc(C(C)(CN)CO)c2ccccc21. The molecule has 16 heavy (non-hydrogen) atoms. The number of aliphatic hydroxyl groups is 1. The average Bonchev–Trinajstić information content (AvgIpc) is 2.67. The summed E-state index contributed by atoms with van der Waals surface area (Å²) in [4.78, 5) is 0. The molecule has 86 valence electrons. The molecule has 0 aliphatic carbocycles. The van der Waals surface area contributed by atoms with Crippen LogP contribution in [0.2, 0.25) is 0 Å². The van der Waals surface area contributed by atoms with Gasteiger partial charge in [-0.2, -0.15) is 0 Å². The zero-order chi connectivity index (χ0) is 11.8. The minimum atomic E-state index is -0.360. The second kappa shape index (κ2) is 3.92. The van der Waals surface area contributed by atoms with E-state index in [2.05, 4.69) is 22.9 Å². The first-order chi connectivity index (χ1) is 7.62. The molecule has 1 atom stereocenters. The van der Waals surface area contributed by atoms with Gasteiger partial charge in [0.25, 0.3) is 0 Å². The van der Waals surface area contributed by atoms with Crippen molar-refractivity contribution < 1.29 is 5.11 Å². The maximum absolute atomic E-state index is 9.52. The van der Waals surface area contributed by atoms with Gasteiger partial charge in [-0.05, 0) is 11.6 Å². The Kier molecular flexibility index (Phi) is 2.74. The Morgan fingerprint density at radius 1 is 1.38 bits per heavy atom. The number of benzene rings is 1. The number of hydrogen-bond acceptors (Lipinski definition) is 2. The second-order valence-electron chi connectivity index (χ2n) is 4.59. The first-order valence-electron chi connectivity index (χ1n) is 5.48. The summed E-state index contributed by atoms with van der Waals surface area (Å²) in [6, 6.07) is 8.19. The van der Waals surface area contributed by atoms with Gasteiger partial charge >= 0.3 is 0 Å². The van der Waals surface area contributed by atoms with Crippen LogP contribution in [0.15, 0.2) is 30.5 Å². The van der Waals surface area contributed by atoms with Crippen molar-refractivity contribution in [1.82, 2.24) is 4.57 Å². The monoisotopic (exact) mass is 218 g/mol. The lowest BCUT2D eigenvalue weighted by Crippen LogP contribution is -2.35. The molecule has 0 saturated heterocycles. The Bertz CT molecular complexity index is 498. The normalized spacial score (nSPS) is 15.2. The van der Waals surface area contributed by atoms with Gasteiger partial charge in [0.2, 0.25) is 0 Å². The van der Waals surface area contributed by atoms with Gasteiger partial charge in [-0.1, -0.05) is 25.1 Å². The van der Waals surface area contributed by atoms with Gasteiger partial charge in [-0.3, -0.25) is 0 Å². The molecule has 0 spiro atoms. The average molecular weight is 218 g/mol. The highest BCUT2D eigenvalue weighted by Gasteiger charge is 2.27. The van der Waals surface area contributed by atoms with Gasteiger partial charge in [-0.25, -0.2) is 0 Å². The number of nitrogens with zero attached hydrogens (tertiary/aromatic N) is 1. The maximum Gasteiger partial charge on any atom is 0.0538 e. The van der Waals surface area contributed by atoms with Crippen LogP contribution in [0.3, 0.4) is 0 Å². The molecular formula is C13H18N2O. The molecule has 3 heteroatoms. The molecule has 3 N–H and O–H groups in total. The molecule has 0 bridgehead atoms. The van der Waals surface area contributed by atoms with Crippen LogP contribution in [0.4, 0.5) is 0 Å². The van der Waals surface area contributed by atoms with Gasteiger partial charge in [0.1, 0.15) is 0 Å². The van der Waals surface area contributed by atoms with Crippen molar-refractivity contribution in [1.29, 1.82) is 0 Å². The summed E-state index contributed by atoms with van der Waals surface area (Å²) in [6.45, 7) is 2.50. The molecule has 1 unspecified atom stereocenters. The van der Waals surface area contributed by atoms with Gasteiger partial charge in [-0.15, -0.1) is 0 Å². The van der Waals surface area contributed by atoms with E-state index < -0.39 is 0 Å². The smallest absolute Gasteiger partial charge is 0.0538 e. The second-order valence-corrected chi connectivity index (χ2v) is 4.59. The summed E-state index contributed by atoms with van der Waals surface area (Å²) in [5.41, 5.74) is 7.71. The fraction of sp³-hybridized carbons (Fsp3) is 0.385. The Balaban J connectivity index is 2.70. The number of rotatable bonds is 3. The molecule has 2 rings (SSSR count). The molecular weight excluding hydrogens is 200 g/mol. The highest BCUT2D eigenvalue weighted by atomic mass is 16.3. The molecule has 0 aliphatic rings. The third kappa shape index (κ3) is 1.52. The summed E-state index contributed by atoms with van der Waals surface area (Å²) in [7, 11) is 2.01. The Morgan fingerprint density at radius 3 is 2.69 bits per heavy atom. The zero-order valence-electron chi connectivity index (χ0n) is 9.77. The highest BCUT2D eigenvalue weighted by molar-refractivity contribution is 5.85. The molecule has 1 heterocycles. The van der Waals surface area contributed by atoms with Crippen molar-refractivity contribution in [2.75, 3.05) is 13.2 Å². The van der Waals surface area contributed by atoms with Crippen molar-refractivity contribution in [3.05, 3.63) is 36.0 Å². The molecule has 0 fully saturated rings. The maximum atomic E-state index is 9.52. The highest BCUT2D eigenvalue weighted by Crippen LogP contribution is 2.30. The van der Waals surface area contributed by atoms with Gasteiger partial charge in [0, 0.05) is 36.1 Å². The summed E-state index contributed by atoms with van der Waals surface area (Å²) in [6.07, 6.45) is 2.06. The van der Waals surface area contributed by atoms with Crippen LogP contribution < -0.4 is 5.73 Å². The standard InChI is InChI=1S/C13H18N2O/c1-13(8-14,9-16)11-7-15(2)12-6-4-3-5-10(11)12/h3-7,16H,8-9,14H2,1-2H3. The van der Waals surface area contributed by atoms with E-state index in [-0.39, 0.29) is 12.0 Å². The van der Waals surface area contributed by atoms with E-state index in [4.69, 9.17) is 5.73 Å². The van der Waals surface area contributed by atoms with Crippen LogP contribution in [-0.4, -0.2) is 22.8 Å². The molecule has 1 aromatic carbocycles. The predicted octanol–water partition coefficient (Wildman–Crippen LogP) is 1.39. The topological polar surface area (TPSA) is 51.2 Å². The molecule has 2 aromatic rings. The summed E-state index contributed by atoms with van der Waals surface area (Å²) >= 11 is 0. The van der Waals surface area contributed by atoms with E-state index in [1.54, 1.807) is 0 Å². The Morgan fingerprint density at radius 2 is 2.06 bits per heavy atom. The lowest BCUT2D eigenvalue weighted by Gasteiger charge is -2.25. The summed E-state index contributed by atoms with van der Waals surface area (Å²) in [5.74, 6) is 0. The van der Waals surface area contributed by atoms with Crippen LogP contribution in [0.1, 0.15) is 12.5 Å². The molecule has 0 saturated carbocycles. The number of nitrogens with two attached hydrogens (primary N) is 1. The van der Waals surface area contributed by atoms with E-state index in [1.807, 2.05) is 26.1 Å². The minimum Gasteiger partial charge on any atom is -0.395 e. The van der Waals surface area contributed by atoms with Crippen molar-refractivity contribution in [3.63, 3.8) is 0 Å². The van der Waals surface area contributed by atoms with Crippen molar-refractivity contribution in [2.24, 2.45) is 12.8 Å².